The van der Waals surface area contributed by atoms with Gasteiger partial charge in [-0.05, 0) is 52.6 Å². The second kappa shape index (κ2) is 5.68. The first-order valence-corrected chi connectivity index (χ1v) is 7.24. The molecule has 2 saturated heterocycles. The average Bonchev–Trinajstić information content (AvgIpc) is 2.30. The third-order valence-electron chi connectivity index (χ3n) is 4.24. The van der Waals surface area contributed by atoms with E-state index in [9.17, 15) is 0 Å². The number of nitrogens with zero attached hydrogens (tertiary/aromatic N) is 2. The Morgan fingerprint density at radius 2 is 1.82 bits per heavy atom. The van der Waals surface area contributed by atoms with Gasteiger partial charge in [0.05, 0.1) is 0 Å². The van der Waals surface area contributed by atoms with E-state index in [1.165, 1.54) is 58.7 Å². The van der Waals surface area contributed by atoms with Crippen LogP contribution in [-0.2, 0) is 0 Å². The lowest BCUT2D eigenvalue weighted by molar-refractivity contribution is 0.0533. The summed E-state index contributed by atoms with van der Waals surface area (Å²) in [6.45, 7) is 15.8. The van der Waals surface area contributed by atoms with Crippen LogP contribution in [-0.4, -0.2) is 61.2 Å². The molecule has 0 aromatic carbocycles. The molecule has 3 nitrogen and oxygen atoms in total. The van der Waals surface area contributed by atoms with Crippen LogP contribution >= 0.6 is 0 Å². The molecular weight excluding hydrogens is 210 g/mol. The largest absolute Gasteiger partial charge is 0.316 e. The summed E-state index contributed by atoms with van der Waals surface area (Å²) in [5.41, 5.74) is 0.346. The molecule has 100 valence electrons. The second-order valence-corrected chi connectivity index (χ2v) is 6.67. The highest BCUT2D eigenvalue weighted by Crippen LogP contribution is 2.18. The van der Waals surface area contributed by atoms with Gasteiger partial charge >= 0.3 is 0 Å². The van der Waals surface area contributed by atoms with Crippen LogP contribution in [0, 0.1) is 5.92 Å². The molecule has 0 saturated carbocycles. The Bertz CT molecular complexity index is 220. The normalized spacial score (nSPS) is 29.5. The quantitative estimate of drug-likeness (QED) is 0.786. The van der Waals surface area contributed by atoms with Crippen molar-refractivity contribution in [3.8, 4) is 0 Å². The summed E-state index contributed by atoms with van der Waals surface area (Å²) in [4.78, 5) is 5.28. The minimum Gasteiger partial charge on any atom is -0.316 e. The molecule has 0 aromatic heterocycles. The maximum Gasteiger partial charge on any atom is 0.0126 e. The van der Waals surface area contributed by atoms with Crippen molar-refractivity contribution in [3.05, 3.63) is 0 Å². The average molecular weight is 239 g/mol. The van der Waals surface area contributed by atoms with Crippen LogP contribution in [0.4, 0.5) is 0 Å². The van der Waals surface area contributed by atoms with Crippen LogP contribution < -0.4 is 5.32 Å². The Morgan fingerprint density at radius 3 is 2.35 bits per heavy atom. The van der Waals surface area contributed by atoms with Crippen LogP contribution in [0.5, 0.6) is 0 Å². The predicted molar refractivity (Wildman–Crippen MR) is 73.4 cm³/mol. The van der Waals surface area contributed by atoms with Crippen molar-refractivity contribution in [2.45, 2.75) is 39.2 Å². The molecular formula is C14H29N3. The lowest BCUT2D eigenvalue weighted by atomic mass is 9.98. The molecule has 0 spiro atoms. The Labute approximate surface area is 107 Å². The molecule has 2 aliphatic rings. The van der Waals surface area contributed by atoms with E-state index < -0.39 is 0 Å². The van der Waals surface area contributed by atoms with Gasteiger partial charge in [-0.3, -0.25) is 4.90 Å². The second-order valence-electron chi connectivity index (χ2n) is 6.67. The molecule has 1 N–H and O–H groups in total. The SMILES string of the molecule is CC(C)(C)N1CCN(CC2CCCNC2)CC1. The Kier molecular flexibility index (Phi) is 4.45. The van der Waals surface area contributed by atoms with Gasteiger partial charge < -0.3 is 10.2 Å². The van der Waals surface area contributed by atoms with Crippen molar-refractivity contribution in [2.75, 3.05) is 45.8 Å². The highest BCUT2D eigenvalue weighted by Gasteiger charge is 2.26. The van der Waals surface area contributed by atoms with E-state index >= 15 is 0 Å². The highest BCUT2D eigenvalue weighted by molar-refractivity contribution is 4.83. The summed E-state index contributed by atoms with van der Waals surface area (Å²) in [6.07, 6.45) is 2.79. The minimum absolute atomic E-state index is 0.346. The van der Waals surface area contributed by atoms with Crippen molar-refractivity contribution in [1.29, 1.82) is 0 Å². The summed E-state index contributed by atoms with van der Waals surface area (Å²) in [7, 11) is 0. The van der Waals surface area contributed by atoms with Crippen molar-refractivity contribution >= 4 is 0 Å². The lowest BCUT2D eigenvalue weighted by Gasteiger charge is -2.43. The van der Waals surface area contributed by atoms with Crippen molar-refractivity contribution in [3.63, 3.8) is 0 Å². The molecule has 0 aromatic rings. The molecule has 0 bridgehead atoms. The van der Waals surface area contributed by atoms with Crippen LogP contribution in [0.1, 0.15) is 33.6 Å². The van der Waals surface area contributed by atoms with Crippen molar-refractivity contribution < 1.29 is 0 Å². The highest BCUT2D eigenvalue weighted by atomic mass is 15.3. The van der Waals surface area contributed by atoms with Gasteiger partial charge in [0.25, 0.3) is 0 Å². The monoisotopic (exact) mass is 239 g/mol. The molecule has 2 fully saturated rings. The van der Waals surface area contributed by atoms with Gasteiger partial charge in [0, 0.05) is 38.3 Å². The third kappa shape index (κ3) is 3.94. The van der Waals surface area contributed by atoms with E-state index in [1.807, 2.05) is 0 Å². The molecule has 0 aliphatic carbocycles. The van der Waals surface area contributed by atoms with Crippen LogP contribution in [0.3, 0.4) is 0 Å². The topological polar surface area (TPSA) is 18.5 Å². The van der Waals surface area contributed by atoms with Gasteiger partial charge in [0.2, 0.25) is 0 Å². The summed E-state index contributed by atoms with van der Waals surface area (Å²) in [6, 6.07) is 0. The molecule has 1 unspecified atom stereocenters. The first-order valence-electron chi connectivity index (χ1n) is 7.24. The van der Waals surface area contributed by atoms with E-state index in [-0.39, 0.29) is 0 Å². The Hall–Kier alpha value is -0.120. The summed E-state index contributed by atoms with van der Waals surface area (Å²) >= 11 is 0. The maximum absolute atomic E-state index is 3.52. The molecule has 2 aliphatic heterocycles. The Morgan fingerprint density at radius 1 is 1.12 bits per heavy atom. The summed E-state index contributed by atoms with van der Waals surface area (Å²) in [5, 5.41) is 3.52. The molecule has 2 rings (SSSR count). The van der Waals surface area contributed by atoms with E-state index in [2.05, 4.69) is 35.9 Å². The van der Waals surface area contributed by atoms with E-state index in [4.69, 9.17) is 0 Å². The number of piperazine rings is 1. The van der Waals surface area contributed by atoms with Crippen LogP contribution in [0.25, 0.3) is 0 Å². The molecule has 17 heavy (non-hydrogen) atoms. The fourth-order valence-electron chi connectivity index (χ4n) is 3.05. The minimum atomic E-state index is 0.346. The van der Waals surface area contributed by atoms with E-state index in [0.717, 1.165) is 5.92 Å². The Balaban J connectivity index is 1.71. The van der Waals surface area contributed by atoms with Crippen LogP contribution in [0.2, 0.25) is 0 Å². The summed E-state index contributed by atoms with van der Waals surface area (Å²) in [5.74, 6) is 0.893. The maximum atomic E-state index is 3.52. The number of hydrogen-bond acceptors (Lipinski definition) is 3. The zero-order valence-corrected chi connectivity index (χ0v) is 11.8. The number of hydrogen-bond donors (Lipinski definition) is 1. The summed E-state index contributed by atoms with van der Waals surface area (Å²) < 4.78 is 0. The molecule has 3 heteroatoms. The zero-order chi connectivity index (χ0) is 12.3. The lowest BCUT2D eigenvalue weighted by Crippen LogP contribution is -2.54. The van der Waals surface area contributed by atoms with Crippen molar-refractivity contribution in [1.82, 2.24) is 15.1 Å². The fourth-order valence-corrected chi connectivity index (χ4v) is 3.05. The van der Waals surface area contributed by atoms with Gasteiger partial charge in [-0.15, -0.1) is 0 Å². The molecule has 0 radical (unpaired) electrons. The van der Waals surface area contributed by atoms with E-state index in [0.29, 0.717) is 5.54 Å². The number of nitrogens with one attached hydrogen (secondary N) is 1. The van der Waals surface area contributed by atoms with Gasteiger partial charge in [-0.1, -0.05) is 0 Å². The molecule has 2 heterocycles. The van der Waals surface area contributed by atoms with Crippen molar-refractivity contribution in [2.24, 2.45) is 5.92 Å². The number of piperidine rings is 1. The third-order valence-corrected chi connectivity index (χ3v) is 4.24. The zero-order valence-electron chi connectivity index (χ0n) is 11.8. The first kappa shape index (κ1) is 13.3. The smallest absolute Gasteiger partial charge is 0.0126 e. The molecule has 0 amide bonds. The predicted octanol–water partition coefficient (Wildman–Crippen LogP) is 1.40. The van der Waals surface area contributed by atoms with E-state index in [1.54, 1.807) is 0 Å². The van der Waals surface area contributed by atoms with Crippen LogP contribution in [0.15, 0.2) is 0 Å². The van der Waals surface area contributed by atoms with Gasteiger partial charge in [-0.25, -0.2) is 0 Å². The fraction of sp³-hybridized carbons (Fsp3) is 1.00. The van der Waals surface area contributed by atoms with Gasteiger partial charge in [0.1, 0.15) is 0 Å². The standard InChI is InChI=1S/C14H29N3/c1-14(2,3)17-9-7-16(8-10-17)12-13-5-4-6-15-11-13/h13,15H,4-12H2,1-3H3. The number of rotatable bonds is 2. The molecule has 1 atom stereocenters. The van der Waals surface area contributed by atoms with Gasteiger partial charge in [-0.2, -0.15) is 0 Å². The van der Waals surface area contributed by atoms with Gasteiger partial charge in [0.15, 0.2) is 0 Å². The first-order chi connectivity index (χ1) is 8.05.